The number of hydrogen-bond acceptors (Lipinski definition) is 9. The summed E-state index contributed by atoms with van der Waals surface area (Å²) in [7, 11) is 3.21. The molecule has 1 aliphatic heterocycles. The van der Waals surface area contributed by atoms with Crippen LogP contribution in [0.25, 0.3) is 11.4 Å². The maximum Gasteiger partial charge on any atom is 0.231 e. The van der Waals surface area contributed by atoms with Crippen molar-refractivity contribution in [1.29, 1.82) is 0 Å². The van der Waals surface area contributed by atoms with Gasteiger partial charge in [0.15, 0.2) is 17.3 Å². The standard InChI is InChI=1S/C23H22N6O4/c1-30-15-6-8-18(31-2)17(11-15)26-23-27-22(28-29-23)16-4-3-9-24-21(16)25-12-14-5-7-19-20(10-14)33-13-32-19/h3-11H,12-13H2,1-2H3,(H,24,25)(H2,26,27,28,29). The first kappa shape index (κ1) is 20.4. The number of rotatable bonds is 8. The van der Waals surface area contributed by atoms with Crippen LogP contribution in [0, 0.1) is 0 Å². The van der Waals surface area contributed by atoms with Crippen LogP contribution in [-0.2, 0) is 6.54 Å². The van der Waals surface area contributed by atoms with Crippen molar-refractivity contribution in [3.63, 3.8) is 0 Å². The van der Waals surface area contributed by atoms with Gasteiger partial charge in [-0.3, -0.25) is 0 Å². The number of methoxy groups -OCH3 is 2. The van der Waals surface area contributed by atoms with Gasteiger partial charge in [0.05, 0.1) is 25.5 Å². The van der Waals surface area contributed by atoms with Crippen molar-refractivity contribution in [2.45, 2.75) is 6.54 Å². The minimum Gasteiger partial charge on any atom is -0.497 e. The monoisotopic (exact) mass is 446 g/mol. The van der Waals surface area contributed by atoms with E-state index in [1.165, 1.54) is 0 Å². The van der Waals surface area contributed by atoms with Crippen LogP contribution in [0.15, 0.2) is 54.7 Å². The van der Waals surface area contributed by atoms with Gasteiger partial charge in [-0.05, 0) is 42.0 Å². The zero-order chi connectivity index (χ0) is 22.6. The summed E-state index contributed by atoms with van der Waals surface area (Å²) in [5.74, 6) is 4.56. The number of aromatic nitrogens is 4. The van der Waals surface area contributed by atoms with Gasteiger partial charge in [-0.1, -0.05) is 6.07 Å². The van der Waals surface area contributed by atoms with E-state index in [-0.39, 0.29) is 6.79 Å². The van der Waals surface area contributed by atoms with E-state index in [1.54, 1.807) is 20.4 Å². The fraction of sp³-hybridized carbons (Fsp3) is 0.174. The van der Waals surface area contributed by atoms with E-state index >= 15 is 0 Å². The number of aromatic amines is 1. The molecular formula is C23H22N6O4. The van der Waals surface area contributed by atoms with Crippen molar-refractivity contribution in [3.8, 4) is 34.4 Å². The van der Waals surface area contributed by atoms with Crippen LogP contribution in [0.2, 0.25) is 0 Å². The highest BCUT2D eigenvalue weighted by Crippen LogP contribution is 2.33. The molecule has 0 spiro atoms. The van der Waals surface area contributed by atoms with Gasteiger partial charge in [0.2, 0.25) is 12.7 Å². The first-order valence-corrected chi connectivity index (χ1v) is 10.2. The van der Waals surface area contributed by atoms with Crippen LogP contribution in [-0.4, -0.2) is 41.2 Å². The second-order valence-corrected chi connectivity index (χ2v) is 7.15. The van der Waals surface area contributed by atoms with E-state index in [4.69, 9.17) is 18.9 Å². The molecule has 0 fully saturated rings. The summed E-state index contributed by atoms with van der Waals surface area (Å²) in [5, 5.41) is 15.1. The number of nitrogens with one attached hydrogen (secondary N) is 3. The molecule has 1 aliphatic rings. The number of ether oxygens (including phenoxy) is 4. The van der Waals surface area contributed by atoms with Gasteiger partial charge in [-0.15, -0.1) is 10.2 Å². The highest BCUT2D eigenvalue weighted by Gasteiger charge is 2.15. The largest absolute Gasteiger partial charge is 0.497 e. The first-order chi connectivity index (χ1) is 16.2. The summed E-state index contributed by atoms with van der Waals surface area (Å²) in [6, 6.07) is 15.1. The molecule has 4 aromatic rings. The third kappa shape index (κ3) is 4.31. The lowest BCUT2D eigenvalue weighted by Gasteiger charge is -2.11. The van der Waals surface area contributed by atoms with E-state index < -0.39 is 0 Å². The summed E-state index contributed by atoms with van der Waals surface area (Å²) in [6.07, 6.45) is 1.72. The fourth-order valence-electron chi connectivity index (χ4n) is 3.45. The predicted octanol–water partition coefficient (Wildman–Crippen LogP) is 3.97. The van der Waals surface area contributed by atoms with Crippen molar-refractivity contribution in [1.82, 2.24) is 20.2 Å². The lowest BCUT2D eigenvalue weighted by molar-refractivity contribution is 0.174. The topological polar surface area (TPSA) is 115 Å². The van der Waals surface area contributed by atoms with Crippen LogP contribution in [0.1, 0.15) is 5.56 Å². The number of hydrogen-bond donors (Lipinski definition) is 3. The molecule has 0 bridgehead atoms. The Bertz CT molecular complexity index is 1280. The van der Waals surface area contributed by atoms with Gasteiger partial charge in [-0.25, -0.2) is 4.98 Å². The van der Waals surface area contributed by atoms with Gasteiger partial charge >= 0.3 is 0 Å². The number of H-pyrrole nitrogens is 1. The second-order valence-electron chi connectivity index (χ2n) is 7.15. The summed E-state index contributed by atoms with van der Waals surface area (Å²) < 4.78 is 21.5. The Kier molecular flexibility index (Phi) is 5.54. The van der Waals surface area contributed by atoms with E-state index in [0.717, 1.165) is 22.6 Å². The molecule has 10 heteroatoms. The Labute approximate surface area is 189 Å². The van der Waals surface area contributed by atoms with Crippen LogP contribution in [0.5, 0.6) is 23.0 Å². The average Bonchev–Trinajstić information content (AvgIpc) is 3.52. The number of fused-ring (bicyclic) bond motifs is 1. The maximum atomic E-state index is 5.45. The summed E-state index contributed by atoms with van der Waals surface area (Å²) in [5.41, 5.74) is 2.53. The summed E-state index contributed by atoms with van der Waals surface area (Å²) in [4.78, 5) is 7.67. The van der Waals surface area contributed by atoms with Gasteiger partial charge in [0.25, 0.3) is 0 Å². The minimum atomic E-state index is 0.250. The lowest BCUT2D eigenvalue weighted by atomic mass is 10.2. The van der Waals surface area contributed by atoms with E-state index in [2.05, 4.69) is 30.8 Å². The quantitative estimate of drug-likeness (QED) is 0.370. The zero-order valence-corrected chi connectivity index (χ0v) is 18.1. The third-order valence-electron chi connectivity index (χ3n) is 5.11. The molecule has 0 aliphatic carbocycles. The Balaban J connectivity index is 1.34. The SMILES string of the molecule is COc1ccc(OC)c(Nc2nnc(-c3cccnc3NCc3ccc4c(c3)OCO4)[nH]2)c1. The molecule has 2 aromatic heterocycles. The molecule has 3 heterocycles. The maximum absolute atomic E-state index is 5.45. The van der Waals surface area contributed by atoms with E-state index in [0.29, 0.717) is 41.3 Å². The Morgan fingerprint density at radius 1 is 1.00 bits per heavy atom. The molecule has 10 nitrogen and oxygen atoms in total. The molecule has 2 aromatic carbocycles. The van der Waals surface area contributed by atoms with E-state index in [1.807, 2.05) is 48.5 Å². The molecule has 168 valence electrons. The van der Waals surface area contributed by atoms with Crippen molar-refractivity contribution in [2.24, 2.45) is 0 Å². The summed E-state index contributed by atoms with van der Waals surface area (Å²) in [6.45, 7) is 0.807. The molecular weight excluding hydrogens is 424 g/mol. The molecule has 5 rings (SSSR count). The molecule has 33 heavy (non-hydrogen) atoms. The number of anilines is 3. The number of nitrogens with zero attached hydrogens (tertiary/aromatic N) is 3. The Morgan fingerprint density at radius 3 is 2.79 bits per heavy atom. The molecule has 0 unspecified atom stereocenters. The van der Waals surface area contributed by atoms with E-state index in [9.17, 15) is 0 Å². The fourth-order valence-corrected chi connectivity index (χ4v) is 3.45. The van der Waals surface area contributed by atoms with Gasteiger partial charge in [-0.2, -0.15) is 0 Å². The normalized spacial score (nSPS) is 11.8. The number of pyridine rings is 1. The van der Waals surface area contributed by atoms with Crippen molar-refractivity contribution < 1.29 is 18.9 Å². The molecule has 0 radical (unpaired) electrons. The minimum absolute atomic E-state index is 0.250. The Morgan fingerprint density at radius 2 is 1.91 bits per heavy atom. The first-order valence-electron chi connectivity index (χ1n) is 10.2. The van der Waals surface area contributed by atoms with Crippen molar-refractivity contribution in [3.05, 3.63) is 60.3 Å². The average molecular weight is 446 g/mol. The molecule has 0 saturated heterocycles. The predicted molar refractivity (Wildman–Crippen MR) is 122 cm³/mol. The van der Waals surface area contributed by atoms with Gasteiger partial charge in [0.1, 0.15) is 17.3 Å². The lowest BCUT2D eigenvalue weighted by Crippen LogP contribution is -2.03. The molecule has 0 atom stereocenters. The molecule has 3 N–H and O–H groups in total. The zero-order valence-electron chi connectivity index (χ0n) is 18.1. The van der Waals surface area contributed by atoms with Crippen LogP contribution >= 0.6 is 0 Å². The Hall–Kier alpha value is -4.47. The molecule has 0 saturated carbocycles. The van der Waals surface area contributed by atoms with Crippen LogP contribution < -0.4 is 29.6 Å². The second kappa shape index (κ2) is 8.95. The van der Waals surface area contributed by atoms with Crippen molar-refractivity contribution >= 4 is 17.5 Å². The van der Waals surface area contributed by atoms with Crippen molar-refractivity contribution in [2.75, 3.05) is 31.6 Å². The molecule has 0 amide bonds. The smallest absolute Gasteiger partial charge is 0.231 e. The van der Waals surface area contributed by atoms with Crippen LogP contribution in [0.3, 0.4) is 0 Å². The highest BCUT2D eigenvalue weighted by atomic mass is 16.7. The third-order valence-corrected chi connectivity index (χ3v) is 5.11. The van der Waals surface area contributed by atoms with Gasteiger partial charge in [0, 0.05) is 18.8 Å². The van der Waals surface area contributed by atoms with Crippen LogP contribution in [0.4, 0.5) is 17.5 Å². The number of benzene rings is 2. The summed E-state index contributed by atoms with van der Waals surface area (Å²) >= 11 is 0. The highest BCUT2D eigenvalue weighted by molar-refractivity contribution is 5.71. The van der Waals surface area contributed by atoms with Gasteiger partial charge < -0.3 is 34.6 Å².